The van der Waals surface area contributed by atoms with Gasteiger partial charge in [0.15, 0.2) is 0 Å². The van der Waals surface area contributed by atoms with Crippen molar-refractivity contribution in [2.75, 3.05) is 14.1 Å². The van der Waals surface area contributed by atoms with E-state index >= 15 is 0 Å². The molecule has 2 rings (SSSR count). The summed E-state index contributed by atoms with van der Waals surface area (Å²) in [5.41, 5.74) is 2.20. The molecule has 2 amide bonds. The molecule has 0 aliphatic rings. The van der Waals surface area contributed by atoms with Crippen LogP contribution in [0.4, 0.5) is 0 Å². The Kier molecular flexibility index (Phi) is 6.01. The van der Waals surface area contributed by atoms with Gasteiger partial charge in [-0.25, -0.2) is 0 Å². The summed E-state index contributed by atoms with van der Waals surface area (Å²) in [7, 11) is 3.43. The van der Waals surface area contributed by atoms with Gasteiger partial charge in [-0.2, -0.15) is 0 Å². The molecule has 1 heterocycles. The highest BCUT2D eigenvalue weighted by Crippen LogP contribution is 2.19. The minimum absolute atomic E-state index is 0.0517. The fourth-order valence-corrected chi connectivity index (χ4v) is 2.86. The highest BCUT2D eigenvalue weighted by atomic mass is 16.2. The lowest BCUT2D eigenvalue weighted by Gasteiger charge is -2.23. The number of carbonyl (C=O) groups is 2. The zero-order chi connectivity index (χ0) is 17.7. The predicted octanol–water partition coefficient (Wildman–Crippen LogP) is 2.72. The Morgan fingerprint density at radius 3 is 2.58 bits per heavy atom. The maximum Gasteiger partial charge on any atom is 0.244 e. The van der Waals surface area contributed by atoms with E-state index in [2.05, 4.69) is 16.4 Å². The number of nitrogens with one attached hydrogen (secondary N) is 2. The molecule has 2 N–H and O–H groups in total. The van der Waals surface area contributed by atoms with E-state index < -0.39 is 6.04 Å². The number of aryl methyl sites for hydroxylation is 1. The van der Waals surface area contributed by atoms with Crippen molar-refractivity contribution >= 4 is 22.7 Å². The number of likely N-dealkylation sites (N-methyl/N-ethyl adjacent to an activating group) is 1. The van der Waals surface area contributed by atoms with Crippen LogP contribution < -0.4 is 5.32 Å². The quantitative estimate of drug-likeness (QED) is 0.820. The minimum Gasteiger partial charge on any atom is -0.361 e. The van der Waals surface area contributed by atoms with Gasteiger partial charge in [0, 0.05) is 37.6 Å². The Bertz CT molecular complexity index is 703. The van der Waals surface area contributed by atoms with Gasteiger partial charge < -0.3 is 15.2 Å². The molecule has 0 aliphatic heterocycles. The van der Waals surface area contributed by atoms with E-state index in [0.717, 1.165) is 16.5 Å². The van der Waals surface area contributed by atoms with Crippen LogP contribution in [0.3, 0.4) is 0 Å². The van der Waals surface area contributed by atoms with Crippen LogP contribution in [0.15, 0.2) is 30.5 Å². The van der Waals surface area contributed by atoms with Crippen molar-refractivity contribution in [1.29, 1.82) is 0 Å². The zero-order valence-corrected chi connectivity index (χ0v) is 14.9. The molecule has 0 spiro atoms. The SMILES string of the molecule is CC(C)C[C@@H](NC(=O)CCc1c[nH]c2ccccc12)C(=O)N(C)C. The summed E-state index contributed by atoms with van der Waals surface area (Å²) in [5, 5.41) is 4.05. The molecule has 0 saturated carbocycles. The second-order valence-electron chi connectivity index (χ2n) is 6.84. The van der Waals surface area contributed by atoms with Crippen LogP contribution >= 0.6 is 0 Å². The third-order valence-electron chi connectivity index (χ3n) is 4.08. The van der Waals surface area contributed by atoms with Crippen molar-refractivity contribution in [3.8, 4) is 0 Å². The Morgan fingerprint density at radius 2 is 1.92 bits per heavy atom. The third-order valence-corrected chi connectivity index (χ3v) is 4.08. The topological polar surface area (TPSA) is 65.2 Å². The molecule has 1 aromatic carbocycles. The number of fused-ring (bicyclic) bond motifs is 1. The maximum atomic E-state index is 12.3. The minimum atomic E-state index is -0.449. The number of rotatable bonds is 7. The standard InChI is InChI=1S/C19H27N3O2/c1-13(2)11-17(19(24)22(3)4)21-18(23)10-9-14-12-20-16-8-6-5-7-15(14)16/h5-8,12-13,17,20H,9-11H2,1-4H3,(H,21,23)/t17-/m1/s1. The van der Waals surface area contributed by atoms with E-state index in [1.807, 2.05) is 38.2 Å². The first-order valence-electron chi connectivity index (χ1n) is 8.44. The van der Waals surface area contributed by atoms with Gasteiger partial charge in [0.1, 0.15) is 6.04 Å². The van der Waals surface area contributed by atoms with E-state index in [1.165, 1.54) is 4.90 Å². The van der Waals surface area contributed by atoms with Crippen LogP contribution in [0.1, 0.15) is 32.3 Å². The summed E-state index contributed by atoms with van der Waals surface area (Å²) in [6.07, 6.45) is 3.63. The Balaban J connectivity index is 1.96. The van der Waals surface area contributed by atoms with Crippen molar-refractivity contribution in [3.05, 3.63) is 36.0 Å². The number of nitrogens with zero attached hydrogens (tertiary/aromatic N) is 1. The lowest BCUT2D eigenvalue weighted by molar-refractivity contribution is -0.134. The number of aromatic amines is 1. The molecule has 0 radical (unpaired) electrons. The average Bonchev–Trinajstić information content (AvgIpc) is 2.94. The summed E-state index contributed by atoms with van der Waals surface area (Å²) >= 11 is 0. The fourth-order valence-electron chi connectivity index (χ4n) is 2.86. The first-order chi connectivity index (χ1) is 11.4. The molecule has 2 aromatic rings. The largest absolute Gasteiger partial charge is 0.361 e. The predicted molar refractivity (Wildman–Crippen MR) is 96.7 cm³/mol. The van der Waals surface area contributed by atoms with Crippen LogP contribution in [-0.2, 0) is 16.0 Å². The van der Waals surface area contributed by atoms with Crippen molar-refractivity contribution in [3.63, 3.8) is 0 Å². The van der Waals surface area contributed by atoms with E-state index in [1.54, 1.807) is 14.1 Å². The van der Waals surface area contributed by atoms with E-state index in [0.29, 0.717) is 25.2 Å². The van der Waals surface area contributed by atoms with Crippen LogP contribution in [0.5, 0.6) is 0 Å². The molecule has 1 atom stereocenters. The molecular formula is C19H27N3O2. The van der Waals surface area contributed by atoms with E-state index in [9.17, 15) is 9.59 Å². The van der Waals surface area contributed by atoms with Crippen molar-refractivity contribution in [1.82, 2.24) is 15.2 Å². The van der Waals surface area contributed by atoms with E-state index in [-0.39, 0.29) is 11.8 Å². The summed E-state index contributed by atoms with van der Waals surface area (Å²) in [5.74, 6) is 0.207. The molecule has 130 valence electrons. The summed E-state index contributed by atoms with van der Waals surface area (Å²) in [6.45, 7) is 4.10. The number of hydrogen-bond acceptors (Lipinski definition) is 2. The summed E-state index contributed by atoms with van der Waals surface area (Å²) < 4.78 is 0. The van der Waals surface area contributed by atoms with Gasteiger partial charge in [-0.15, -0.1) is 0 Å². The molecule has 0 bridgehead atoms. The molecular weight excluding hydrogens is 302 g/mol. The lowest BCUT2D eigenvalue weighted by atomic mass is 10.0. The monoisotopic (exact) mass is 329 g/mol. The number of para-hydroxylation sites is 1. The van der Waals surface area contributed by atoms with Gasteiger partial charge in [-0.1, -0.05) is 32.0 Å². The fraction of sp³-hybridized carbons (Fsp3) is 0.474. The van der Waals surface area contributed by atoms with Gasteiger partial charge >= 0.3 is 0 Å². The maximum absolute atomic E-state index is 12.3. The zero-order valence-electron chi connectivity index (χ0n) is 14.9. The molecule has 0 saturated heterocycles. The number of carbonyl (C=O) groups excluding carboxylic acids is 2. The average molecular weight is 329 g/mol. The number of benzene rings is 1. The second kappa shape index (κ2) is 7.99. The number of hydrogen-bond donors (Lipinski definition) is 2. The Morgan fingerprint density at radius 1 is 1.21 bits per heavy atom. The molecule has 0 unspecified atom stereocenters. The van der Waals surface area contributed by atoms with Crippen LogP contribution in [-0.4, -0.2) is 41.8 Å². The third kappa shape index (κ3) is 4.60. The Hall–Kier alpha value is -2.30. The van der Waals surface area contributed by atoms with Crippen LogP contribution in [0.2, 0.25) is 0 Å². The molecule has 0 aliphatic carbocycles. The molecule has 5 nitrogen and oxygen atoms in total. The molecule has 1 aromatic heterocycles. The van der Waals surface area contributed by atoms with Crippen molar-refractivity contribution < 1.29 is 9.59 Å². The van der Waals surface area contributed by atoms with Crippen molar-refractivity contribution in [2.24, 2.45) is 5.92 Å². The molecule has 0 fully saturated rings. The van der Waals surface area contributed by atoms with Gasteiger partial charge in [-0.3, -0.25) is 9.59 Å². The van der Waals surface area contributed by atoms with E-state index in [4.69, 9.17) is 0 Å². The number of aromatic nitrogens is 1. The smallest absolute Gasteiger partial charge is 0.244 e. The number of amides is 2. The van der Waals surface area contributed by atoms with Gasteiger partial charge in [0.2, 0.25) is 11.8 Å². The van der Waals surface area contributed by atoms with Gasteiger partial charge in [0.25, 0.3) is 0 Å². The lowest BCUT2D eigenvalue weighted by Crippen LogP contribution is -2.47. The van der Waals surface area contributed by atoms with Crippen LogP contribution in [0.25, 0.3) is 10.9 Å². The first kappa shape index (κ1) is 18.0. The van der Waals surface area contributed by atoms with Crippen molar-refractivity contribution in [2.45, 2.75) is 39.2 Å². The van der Waals surface area contributed by atoms with Gasteiger partial charge in [-0.05, 0) is 30.4 Å². The summed E-state index contributed by atoms with van der Waals surface area (Å²) in [6, 6.07) is 7.60. The second-order valence-corrected chi connectivity index (χ2v) is 6.84. The molecule has 5 heteroatoms. The number of H-pyrrole nitrogens is 1. The normalized spacial score (nSPS) is 12.4. The first-order valence-corrected chi connectivity index (χ1v) is 8.44. The van der Waals surface area contributed by atoms with Gasteiger partial charge in [0.05, 0.1) is 0 Å². The Labute approximate surface area is 143 Å². The highest BCUT2D eigenvalue weighted by molar-refractivity contribution is 5.88. The summed E-state index contributed by atoms with van der Waals surface area (Å²) in [4.78, 5) is 29.3. The molecule has 24 heavy (non-hydrogen) atoms. The van der Waals surface area contributed by atoms with Crippen LogP contribution in [0, 0.1) is 5.92 Å². The highest BCUT2D eigenvalue weighted by Gasteiger charge is 2.23.